The van der Waals surface area contributed by atoms with Crippen molar-refractivity contribution in [3.63, 3.8) is 0 Å². The van der Waals surface area contributed by atoms with Gasteiger partial charge in [0.05, 0.1) is 5.56 Å². The van der Waals surface area contributed by atoms with E-state index in [0.29, 0.717) is 36.9 Å². The number of aromatic nitrogens is 1. The Kier molecular flexibility index (Phi) is 6.47. The van der Waals surface area contributed by atoms with Crippen molar-refractivity contribution < 1.29 is 27.5 Å². The van der Waals surface area contributed by atoms with Crippen LogP contribution in [0.15, 0.2) is 46.5 Å². The summed E-state index contributed by atoms with van der Waals surface area (Å²) in [6.45, 7) is 1.01. The number of piperazine rings is 1. The Hall–Kier alpha value is -2.92. The fraction of sp³-hybridized carbons (Fsp3) is 0.286. The van der Waals surface area contributed by atoms with Crippen LogP contribution in [0.2, 0.25) is 0 Å². The molecule has 32 heavy (non-hydrogen) atoms. The molecule has 0 N–H and O–H groups in total. The van der Waals surface area contributed by atoms with E-state index in [-0.39, 0.29) is 11.6 Å². The first kappa shape index (κ1) is 22.3. The highest BCUT2D eigenvalue weighted by atomic mass is 32.1. The van der Waals surface area contributed by atoms with E-state index in [1.807, 2.05) is 16.8 Å². The number of amides is 1. The van der Waals surface area contributed by atoms with Gasteiger partial charge in [0.2, 0.25) is 0 Å². The highest BCUT2D eigenvalue weighted by Gasteiger charge is 2.31. The molecule has 0 atom stereocenters. The third-order valence-corrected chi connectivity index (χ3v) is 6.55. The van der Waals surface area contributed by atoms with Gasteiger partial charge < -0.3 is 14.5 Å². The molecular formula is C21H18F3N3O3S2. The highest BCUT2D eigenvalue weighted by Crippen LogP contribution is 2.32. The van der Waals surface area contributed by atoms with E-state index >= 15 is 0 Å². The lowest BCUT2D eigenvalue weighted by Crippen LogP contribution is -2.50. The Morgan fingerprint density at radius 2 is 1.88 bits per heavy atom. The molecule has 0 saturated carbocycles. The van der Waals surface area contributed by atoms with Crippen LogP contribution in [0.1, 0.15) is 16.1 Å². The largest absolute Gasteiger partial charge is 0.451 e. The highest BCUT2D eigenvalue weighted by molar-refractivity contribution is 7.14. The van der Waals surface area contributed by atoms with E-state index in [4.69, 9.17) is 4.74 Å². The summed E-state index contributed by atoms with van der Waals surface area (Å²) < 4.78 is 43.9. The average molecular weight is 482 g/mol. The van der Waals surface area contributed by atoms with Gasteiger partial charge in [-0.1, -0.05) is 6.07 Å². The number of nitrogens with zero attached hydrogens (tertiary/aromatic N) is 3. The number of esters is 1. The molecule has 4 rings (SSSR count). The molecule has 3 aromatic rings. The van der Waals surface area contributed by atoms with Crippen LogP contribution in [-0.4, -0.2) is 54.5 Å². The fourth-order valence-corrected chi connectivity index (χ4v) is 4.77. The SMILES string of the molecule is O=C(OCC(=O)N1CCN(c2cccc(C(F)(F)F)c2)CC1)c1csc(-c2ccsc2)n1. The number of thiazole rings is 1. The van der Waals surface area contributed by atoms with E-state index in [1.54, 1.807) is 16.3 Å². The monoisotopic (exact) mass is 481 g/mol. The second-order valence-electron chi connectivity index (χ2n) is 7.04. The quantitative estimate of drug-likeness (QED) is 0.506. The molecule has 1 fully saturated rings. The summed E-state index contributed by atoms with van der Waals surface area (Å²) in [5.41, 5.74) is 0.833. The molecule has 3 heterocycles. The zero-order valence-electron chi connectivity index (χ0n) is 16.7. The summed E-state index contributed by atoms with van der Waals surface area (Å²) >= 11 is 2.85. The molecule has 6 nitrogen and oxygen atoms in total. The van der Waals surface area contributed by atoms with E-state index in [1.165, 1.54) is 33.6 Å². The third kappa shape index (κ3) is 5.10. The molecule has 1 aliphatic heterocycles. The van der Waals surface area contributed by atoms with Crippen LogP contribution in [0.25, 0.3) is 10.6 Å². The molecule has 1 saturated heterocycles. The first-order chi connectivity index (χ1) is 15.3. The van der Waals surface area contributed by atoms with Crippen LogP contribution < -0.4 is 4.90 Å². The summed E-state index contributed by atoms with van der Waals surface area (Å²) in [4.78, 5) is 32.2. The summed E-state index contributed by atoms with van der Waals surface area (Å²) in [5.74, 6) is -1.02. The molecule has 0 radical (unpaired) electrons. The molecule has 0 unspecified atom stereocenters. The maximum Gasteiger partial charge on any atom is 0.416 e. The minimum atomic E-state index is -4.40. The number of thiophene rings is 1. The molecule has 0 aliphatic carbocycles. The Bertz CT molecular complexity index is 1090. The molecule has 168 valence electrons. The van der Waals surface area contributed by atoms with Crippen LogP contribution >= 0.6 is 22.7 Å². The van der Waals surface area contributed by atoms with Crippen molar-refractivity contribution in [3.05, 3.63) is 57.7 Å². The predicted octanol–water partition coefficient (Wildman–Crippen LogP) is 4.40. The van der Waals surface area contributed by atoms with E-state index in [0.717, 1.165) is 17.7 Å². The number of ether oxygens (including phenoxy) is 1. The number of carbonyl (C=O) groups is 2. The standard InChI is InChI=1S/C21H18F3N3O3S2/c22-21(23,24)15-2-1-3-16(10-15)26-5-7-27(8-6-26)18(28)11-30-20(29)17-13-32-19(25-17)14-4-9-31-12-14/h1-4,9-10,12-13H,5-8,11H2. The van der Waals surface area contributed by atoms with Crippen LogP contribution in [0.4, 0.5) is 18.9 Å². The lowest BCUT2D eigenvalue weighted by Gasteiger charge is -2.36. The van der Waals surface area contributed by atoms with Gasteiger partial charge in [-0.15, -0.1) is 11.3 Å². The summed E-state index contributed by atoms with van der Waals surface area (Å²) in [6, 6.07) is 7.03. The van der Waals surface area contributed by atoms with Crippen molar-refractivity contribution in [3.8, 4) is 10.6 Å². The Morgan fingerprint density at radius 3 is 2.56 bits per heavy atom. The van der Waals surface area contributed by atoms with Crippen LogP contribution in [0.3, 0.4) is 0 Å². The summed E-state index contributed by atoms with van der Waals surface area (Å²) in [6.07, 6.45) is -4.40. The number of alkyl halides is 3. The van der Waals surface area contributed by atoms with Crippen molar-refractivity contribution >= 4 is 40.2 Å². The van der Waals surface area contributed by atoms with E-state index in [2.05, 4.69) is 4.98 Å². The predicted molar refractivity (Wildman–Crippen MR) is 116 cm³/mol. The minimum absolute atomic E-state index is 0.151. The summed E-state index contributed by atoms with van der Waals surface area (Å²) in [5, 5.41) is 6.14. The smallest absolute Gasteiger partial charge is 0.416 e. The molecule has 0 spiro atoms. The maximum absolute atomic E-state index is 12.9. The average Bonchev–Trinajstić information content (AvgIpc) is 3.49. The van der Waals surface area contributed by atoms with Crippen molar-refractivity contribution in [2.24, 2.45) is 0 Å². The van der Waals surface area contributed by atoms with Crippen molar-refractivity contribution in [1.29, 1.82) is 0 Å². The first-order valence-electron chi connectivity index (χ1n) is 9.66. The van der Waals surface area contributed by atoms with Crippen LogP contribution in [-0.2, 0) is 15.7 Å². The third-order valence-electron chi connectivity index (χ3n) is 4.98. The Balaban J connectivity index is 1.27. The van der Waals surface area contributed by atoms with Crippen molar-refractivity contribution in [1.82, 2.24) is 9.88 Å². The van der Waals surface area contributed by atoms with Crippen molar-refractivity contribution in [2.75, 3.05) is 37.7 Å². The van der Waals surface area contributed by atoms with Gasteiger partial charge in [-0.25, -0.2) is 9.78 Å². The molecule has 0 bridgehead atoms. The number of anilines is 1. The van der Waals surface area contributed by atoms with E-state index < -0.39 is 24.3 Å². The van der Waals surface area contributed by atoms with Gasteiger partial charge in [-0.3, -0.25) is 4.79 Å². The second kappa shape index (κ2) is 9.29. The van der Waals surface area contributed by atoms with Gasteiger partial charge in [0.15, 0.2) is 12.3 Å². The van der Waals surface area contributed by atoms with Gasteiger partial charge in [0, 0.05) is 48.2 Å². The summed E-state index contributed by atoms with van der Waals surface area (Å²) in [7, 11) is 0. The van der Waals surface area contributed by atoms with Gasteiger partial charge in [0.25, 0.3) is 5.91 Å². The number of halogens is 3. The number of carbonyl (C=O) groups excluding carboxylic acids is 2. The fourth-order valence-electron chi connectivity index (χ4n) is 3.27. The minimum Gasteiger partial charge on any atom is -0.451 e. The lowest BCUT2D eigenvalue weighted by molar-refractivity contribution is -0.137. The molecule has 1 amide bonds. The molecule has 1 aromatic carbocycles. The van der Waals surface area contributed by atoms with Gasteiger partial charge in [-0.05, 0) is 29.6 Å². The first-order valence-corrected chi connectivity index (χ1v) is 11.5. The van der Waals surface area contributed by atoms with Gasteiger partial charge in [0.1, 0.15) is 5.01 Å². The number of hydrogen-bond donors (Lipinski definition) is 0. The topological polar surface area (TPSA) is 62.7 Å². The van der Waals surface area contributed by atoms with Gasteiger partial charge >= 0.3 is 12.1 Å². The number of rotatable bonds is 5. The molecule has 1 aliphatic rings. The van der Waals surface area contributed by atoms with Crippen LogP contribution in [0.5, 0.6) is 0 Å². The zero-order chi connectivity index (χ0) is 22.7. The lowest BCUT2D eigenvalue weighted by atomic mass is 10.1. The molecule has 2 aromatic heterocycles. The van der Waals surface area contributed by atoms with Crippen molar-refractivity contribution in [2.45, 2.75) is 6.18 Å². The number of hydrogen-bond acceptors (Lipinski definition) is 7. The molecular weight excluding hydrogens is 463 g/mol. The second-order valence-corrected chi connectivity index (χ2v) is 8.68. The maximum atomic E-state index is 12.9. The zero-order valence-corrected chi connectivity index (χ0v) is 18.3. The van der Waals surface area contributed by atoms with Gasteiger partial charge in [-0.2, -0.15) is 24.5 Å². The number of benzene rings is 1. The normalized spacial score (nSPS) is 14.5. The van der Waals surface area contributed by atoms with E-state index in [9.17, 15) is 22.8 Å². The Labute approximate surface area is 189 Å². The van der Waals surface area contributed by atoms with Crippen LogP contribution in [0, 0.1) is 0 Å². The molecule has 11 heteroatoms. The Morgan fingerprint density at radius 1 is 1.09 bits per heavy atom.